The molecule has 0 fully saturated rings. The molecular weight excluding hydrogens is 262 g/mol. The monoisotopic (exact) mass is 283 g/mol. The zero-order valence-corrected chi connectivity index (χ0v) is 12.7. The summed E-state index contributed by atoms with van der Waals surface area (Å²) in [5.41, 5.74) is 0.774. The van der Waals surface area contributed by atoms with Gasteiger partial charge in [0.15, 0.2) is 0 Å². The average molecular weight is 283 g/mol. The van der Waals surface area contributed by atoms with E-state index in [0.717, 1.165) is 5.56 Å². The number of aryl methyl sites for hydroxylation is 1. The van der Waals surface area contributed by atoms with Crippen molar-refractivity contribution in [2.24, 2.45) is 5.41 Å². The molecule has 106 valence electrons. The molecule has 1 aromatic rings. The molecule has 19 heavy (non-hydrogen) atoms. The molecule has 0 aliphatic carbocycles. The lowest BCUT2D eigenvalue weighted by molar-refractivity contribution is -0.148. The van der Waals surface area contributed by atoms with Crippen LogP contribution in [0.5, 0.6) is 0 Å². The summed E-state index contributed by atoms with van der Waals surface area (Å²) in [5.74, 6) is -0.534. The lowest BCUT2D eigenvalue weighted by Gasteiger charge is -2.29. The van der Waals surface area contributed by atoms with E-state index in [9.17, 15) is 9.59 Å². The maximum absolute atomic E-state index is 11.9. The lowest BCUT2D eigenvalue weighted by Crippen LogP contribution is -2.49. The molecule has 1 N–H and O–H groups in total. The van der Waals surface area contributed by atoms with Crippen molar-refractivity contribution in [3.05, 3.63) is 22.4 Å². The first-order chi connectivity index (χ1) is 8.84. The Morgan fingerprint density at radius 2 is 2.11 bits per heavy atom. The Labute approximate surface area is 118 Å². The van der Waals surface area contributed by atoms with Crippen molar-refractivity contribution >= 4 is 23.2 Å². The highest BCUT2D eigenvalue weighted by Crippen LogP contribution is 2.20. The number of hydrogen-bond acceptors (Lipinski definition) is 4. The molecule has 5 heteroatoms. The summed E-state index contributed by atoms with van der Waals surface area (Å²) in [4.78, 5) is 23.6. The minimum absolute atomic E-state index is 0.128. The molecule has 0 aliphatic heterocycles. The third kappa shape index (κ3) is 5.03. The number of ether oxygens (including phenoxy) is 1. The average Bonchev–Trinajstić information content (AvgIpc) is 2.84. The molecule has 0 spiro atoms. The smallest absolute Gasteiger partial charge is 0.328 e. The Kier molecular flexibility index (Phi) is 5.54. The minimum Gasteiger partial charge on any atom is -0.467 e. The summed E-state index contributed by atoms with van der Waals surface area (Å²) in [6, 6.07) is 1.38. The number of rotatable bonds is 5. The van der Waals surface area contributed by atoms with E-state index in [2.05, 4.69) is 5.32 Å². The highest BCUT2D eigenvalue weighted by atomic mass is 32.1. The van der Waals surface area contributed by atoms with Gasteiger partial charge in [0.25, 0.3) is 0 Å². The SMILES string of the molecule is COC(=O)[C@H](NC(=O)CCc1ccsc1)C(C)(C)C. The standard InChI is InChI=1S/C14H21NO3S/c1-14(2,3)12(13(17)18-4)15-11(16)6-5-10-7-8-19-9-10/h7-9,12H,5-6H2,1-4H3,(H,15,16)/t12-/m0/s1. The Hall–Kier alpha value is -1.36. The summed E-state index contributed by atoms with van der Waals surface area (Å²) < 4.78 is 4.74. The fourth-order valence-electron chi connectivity index (χ4n) is 1.67. The van der Waals surface area contributed by atoms with Crippen molar-refractivity contribution in [2.45, 2.75) is 39.7 Å². The van der Waals surface area contributed by atoms with Gasteiger partial charge in [0.1, 0.15) is 6.04 Å². The molecule has 0 aliphatic rings. The van der Waals surface area contributed by atoms with Crippen LogP contribution in [-0.4, -0.2) is 25.0 Å². The van der Waals surface area contributed by atoms with Gasteiger partial charge in [-0.05, 0) is 34.2 Å². The van der Waals surface area contributed by atoms with Gasteiger partial charge in [-0.1, -0.05) is 20.8 Å². The summed E-state index contributed by atoms with van der Waals surface area (Å²) in [6.07, 6.45) is 1.06. The van der Waals surface area contributed by atoms with Crippen LogP contribution < -0.4 is 5.32 Å². The third-order valence-corrected chi connectivity index (χ3v) is 3.56. The number of esters is 1. The fraction of sp³-hybridized carbons (Fsp3) is 0.571. The van der Waals surface area contributed by atoms with Crippen LogP contribution in [0.4, 0.5) is 0 Å². The largest absolute Gasteiger partial charge is 0.467 e. The van der Waals surface area contributed by atoms with Crippen LogP contribution in [-0.2, 0) is 20.7 Å². The van der Waals surface area contributed by atoms with Gasteiger partial charge in [0.2, 0.25) is 5.91 Å². The van der Waals surface area contributed by atoms with Crippen molar-refractivity contribution in [3.63, 3.8) is 0 Å². The zero-order chi connectivity index (χ0) is 14.5. The van der Waals surface area contributed by atoms with Gasteiger partial charge >= 0.3 is 5.97 Å². The Morgan fingerprint density at radius 1 is 1.42 bits per heavy atom. The van der Waals surface area contributed by atoms with Crippen LogP contribution in [0.1, 0.15) is 32.8 Å². The molecule has 0 unspecified atom stereocenters. The van der Waals surface area contributed by atoms with E-state index in [1.165, 1.54) is 7.11 Å². The van der Waals surface area contributed by atoms with E-state index in [-0.39, 0.29) is 11.3 Å². The van der Waals surface area contributed by atoms with Gasteiger partial charge in [-0.25, -0.2) is 4.79 Å². The van der Waals surface area contributed by atoms with Crippen molar-refractivity contribution < 1.29 is 14.3 Å². The van der Waals surface area contributed by atoms with Crippen molar-refractivity contribution in [2.75, 3.05) is 7.11 Å². The Morgan fingerprint density at radius 3 is 2.58 bits per heavy atom. The molecule has 0 radical (unpaired) electrons. The number of hydrogen-bond donors (Lipinski definition) is 1. The van der Waals surface area contributed by atoms with Crippen LogP contribution in [0.25, 0.3) is 0 Å². The molecule has 1 amide bonds. The van der Waals surface area contributed by atoms with Gasteiger partial charge in [0, 0.05) is 6.42 Å². The molecular formula is C14H21NO3S. The predicted octanol–water partition coefficient (Wildman–Crippen LogP) is 2.38. The van der Waals surface area contributed by atoms with Crippen LogP contribution in [0.3, 0.4) is 0 Å². The number of nitrogens with one attached hydrogen (secondary N) is 1. The topological polar surface area (TPSA) is 55.4 Å². The van der Waals surface area contributed by atoms with E-state index in [0.29, 0.717) is 12.8 Å². The lowest BCUT2D eigenvalue weighted by atomic mass is 9.86. The Bertz CT molecular complexity index is 420. The molecule has 0 bridgehead atoms. The van der Waals surface area contributed by atoms with Crippen molar-refractivity contribution in [1.29, 1.82) is 0 Å². The number of thiophene rings is 1. The third-order valence-electron chi connectivity index (χ3n) is 2.83. The summed E-state index contributed by atoms with van der Waals surface area (Å²) in [7, 11) is 1.33. The second-order valence-corrected chi connectivity index (χ2v) is 6.30. The molecule has 1 aromatic heterocycles. The van der Waals surface area contributed by atoms with Gasteiger partial charge in [-0.3, -0.25) is 4.79 Å². The number of amides is 1. The van der Waals surface area contributed by atoms with Crippen LogP contribution in [0, 0.1) is 5.41 Å². The van der Waals surface area contributed by atoms with E-state index < -0.39 is 12.0 Å². The second kappa shape index (κ2) is 6.70. The van der Waals surface area contributed by atoms with Crippen LogP contribution in [0.15, 0.2) is 16.8 Å². The number of methoxy groups -OCH3 is 1. The zero-order valence-electron chi connectivity index (χ0n) is 11.9. The second-order valence-electron chi connectivity index (χ2n) is 5.52. The molecule has 0 saturated heterocycles. The highest BCUT2D eigenvalue weighted by Gasteiger charge is 2.33. The van der Waals surface area contributed by atoms with Crippen LogP contribution in [0.2, 0.25) is 0 Å². The van der Waals surface area contributed by atoms with Gasteiger partial charge in [0.05, 0.1) is 7.11 Å². The van der Waals surface area contributed by atoms with E-state index in [1.54, 1.807) is 11.3 Å². The minimum atomic E-state index is -0.618. The van der Waals surface area contributed by atoms with Gasteiger partial charge in [-0.2, -0.15) is 11.3 Å². The van der Waals surface area contributed by atoms with E-state index in [4.69, 9.17) is 4.74 Å². The number of carbonyl (C=O) groups excluding carboxylic acids is 2. The molecule has 4 nitrogen and oxygen atoms in total. The maximum Gasteiger partial charge on any atom is 0.328 e. The predicted molar refractivity (Wildman–Crippen MR) is 76.0 cm³/mol. The van der Waals surface area contributed by atoms with Gasteiger partial charge < -0.3 is 10.1 Å². The summed E-state index contributed by atoms with van der Waals surface area (Å²) in [5, 5.41) is 6.77. The first-order valence-corrected chi connectivity index (χ1v) is 7.17. The van der Waals surface area contributed by atoms with Crippen LogP contribution >= 0.6 is 11.3 Å². The maximum atomic E-state index is 11.9. The first kappa shape index (κ1) is 15.7. The van der Waals surface area contributed by atoms with Gasteiger partial charge in [-0.15, -0.1) is 0 Å². The highest BCUT2D eigenvalue weighted by molar-refractivity contribution is 7.07. The van der Waals surface area contributed by atoms with Crippen molar-refractivity contribution in [3.8, 4) is 0 Å². The molecule has 1 rings (SSSR count). The number of carbonyl (C=O) groups is 2. The molecule has 1 heterocycles. The summed E-state index contributed by atoms with van der Waals surface area (Å²) >= 11 is 1.61. The summed E-state index contributed by atoms with van der Waals surface area (Å²) in [6.45, 7) is 5.69. The molecule has 1 atom stereocenters. The fourth-order valence-corrected chi connectivity index (χ4v) is 2.38. The normalized spacial score (nSPS) is 12.8. The Balaban J connectivity index is 2.54. The van der Waals surface area contributed by atoms with E-state index >= 15 is 0 Å². The molecule has 0 saturated carbocycles. The molecule has 0 aromatic carbocycles. The quantitative estimate of drug-likeness (QED) is 0.844. The van der Waals surface area contributed by atoms with Crippen molar-refractivity contribution in [1.82, 2.24) is 5.32 Å². The van der Waals surface area contributed by atoms with E-state index in [1.807, 2.05) is 37.6 Å². The first-order valence-electron chi connectivity index (χ1n) is 6.23.